The van der Waals surface area contributed by atoms with E-state index in [2.05, 4.69) is 44.6 Å². The van der Waals surface area contributed by atoms with E-state index >= 15 is 0 Å². The van der Waals surface area contributed by atoms with Crippen molar-refractivity contribution < 1.29 is 0 Å². The van der Waals surface area contributed by atoms with Gasteiger partial charge in [-0.1, -0.05) is 34.2 Å². The average molecular weight is 300 g/mol. The molecule has 9 heavy (non-hydrogen) atoms. The van der Waals surface area contributed by atoms with Gasteiger partial charge in [-0.25, -0.2) is 0 Å². The average Bonchev–Trinajstić information content (AvgIpc) is 1.78. The number of rotatable bonds is 0. The molecule has 1 unspecified atom stereocenters. The van der Waals surface area contributed by atoms with E-state index in [1.165, 1.54) is 3.58 Å². The van der Waals surface area contributed by atoms with Crippen LogP contribution in [-0.4, -0.2) is 4.45 Å². The monoisotopic (exact) mass is 299 g/mol. The molecule has 0 bridgehead atoms. The first-order valence-corrected chi connectivity index (χ1v) is 4.50. The smallest absolute Gasteiger partial charge is 0.0941 e. The molecular formula is C6H7BrIN. The number of halogens is 2. The molecule has 0 amide bonds. The van der Waals surface area contributed by atoms with E-state index in [-0.39, 0.29) is 4.45 Å². The van der Waals surface area contributed by atoms with Crippen LogP contribution in [0.5, 0.6) is 0 Å². The largest absolute Gasteiger partial charge is 0.313 e. The van der Waals surface area contributed by atoms with Crippen LogP contribution < -0.4 is 5.73 Å². The van der Waals surface area contributed by atoms with Crippen LogP contribution >= 0.6 is 38.5 Å². The highest BCUT2D eigenvalue weighted by Crippen LogP contribution is 2.26. The standard InChI is InChI=1S/C6H7BrIN/c7-6(9)3-1-5(8)2-4-6/h1-3H,4,9H2. The Balaban J connectivity index is 2.70. The number of hydrogen-bond donors (Lipinski definition) is 1. The molecule has 3 heteroatoms. The summed E-state index contributed by atoms with van der Waals surface area (Å²) >= 11 is 5.63. The normalized spacial score (nSPS) is 34.3. The van der Waals surface area contributed by atoms with Crippen molar-refractivity contribution in [3.05, 3.63) is 21.8 Å². The highest BCUT2D eigenvalue weighted by atomic mass is 127. The van der Waals surface area contributed by atoms with Crippen molar-refractivity contribution in [2.24, 2.45) is 5.73 Å². The van der Waals surface area contributed by atoms with Gasteiger partial charge in [0.05, 0.1) is 4.45 Å². The minimum Gasteiger partial charge on any atom is -0.313 e. The first-order valence-electron chi connectivity index (χ1n) is 2.63. The third kappa shape index (κ3) is 2.39. The highest BCUT2D eigenvalue weighted by Gasteiger charge is 2.17. The highest BCUT2D eigenvalue weighted by molar-refractivity contribution is 14.1. The van der Waals surface area contributed by atoms with Crippen molar-refractivity contribution in [3.8, 4) is 0 Å². The summed E-state index contributed by atoms with van der Waals surface area (Å²) in [5, 5.41) is 0. The molecular weight excluding hydrogens is 293 g/mol. The minimum absolute atomic E-state index is 0.290. The van der Waals surface area contributed by atoms with Gasteiger partial charge in [-0.15, -0.1) is 0 Å². The maximum atomic E-state index is 5.72. The van der Waals surface area contributed by atoms with Gasteiger partial charge in [0.2, 0.25) is 0 Å². The van der Waals surface area contributed by atoms with Crippen molar-refractivity contribution in [1.82, 2.24) is 0 Å². The second-order valence-electron chi connectivity index (χ2n) is 2.05. The van der Waals surface area contributed by atoms with Crippen molar-refractivity contribution in [3.63, 3.8) is 0 Å². The number of alkyl halides is 1. The van der Waals surface area contributed by atoms with Crippen LogP contribution in [0.15, 0.2) is 21.8 Å². The Morgan fingerprint density at radius 2 is 2.44 bits per heavy atom. The predicted octanol–water partition coefficient (Wildman–Crippen LogP) is 2.32. The molecule has 0 aromatic carbocycles. The fourth-order valence-electron chi connectivity index (χ4n) is 0.608. The summed E-state index contributed by atoms with van der Waals surface area (Å²) in [5.41, 5.74) is 5.72. The first kappa shape index (κ1) is 7.75. The van der Waals surface area contributed by atoms with Gasteiger partial charge in [0, 0.05) is 3.58 Å². The molecule has 0 saturated carbocycles. The Bertz CT molecular complexity index is 172. The quantitative estimate of drug-likeness (QED) is 0.415. The molecule has 0 heterocycles. The molecule has 1 nitrogen and oxygen atoms in total. The molecule has 0 spiro atoms. The second-order valence-corrected chi connectivity index (χ2v) is 4.78. The summed E-state index contributed by atoms with van der Waals surface area (Å²) in [5.74, 6) is 0. The van der Waals surface area contributed by atoms with Crippen LogP contribution in [0.2, 0.25) is 0 Å². The summed E-state index contributed by atoms with van der Waals surface area (Å²) in [7, 11) is 0. The molecule has 50 valence electrons. The molecule has 2 N–H and O–H groups in total. The van der Waals surface area contributed by atoms with Crippen molar-refractivity contribution in [2.45, 2.75) is 10.9 Å². The van der Waals surface area contributed by atoms with Gasteiger partial charge in [0.25, 0.3) is 0 Å². The Hall–Kier alpha value is 0.650. The zero-order valence-corrected chi connectivity index (χ0v) is 8.52. The van der Waals surface area contributed by atoms with Gasteiger partial charge < -0.3 is 5.73 Å². The number of allylic oxidation sites excluding steroid dienone is 2. The van der Waals surface area contributed by atoms with E-state index in [1.807, 2.05) is 12.2 Å². The Labute approximate surface area is 76.6 Å². The van der Waals surface area contributed by atoms with Crippen LogP contribution in [0, 0.1) is 0 Å². The molecule has 0 radical (unpaired) electrons. The Kier molecular flexibility index (Phi) is 2.34. The topological polar surface area (TPSA) is 26.0 Å². The van der Waals surface area contributed by atoms with Crippen LogP contribution in [0.1, 0.15) is 6.42 Å². The summed E-state index contributed by atoms with van der Waals surface area (Å²) in [6.07, 6.45) is 6.96. The van der Waals surface area contributed by atoms with E-state index in [0.29, 0.717) is 0 Å². The molecule has 0 fully saturated rings. The van der Waals surface area contributed by atoms with Crippen molar-refractivity contribution >= 4 is 38.5 Å². The Morgan fingerprint density at radius 3 is 2.78 bits per heavy atom. The molecule has 1 rings (SSSR count). The predicted molar refractivity (Wildman–Crippen MR) is 51.7 cm³/mol. The maximum absolute atomic E-state index is 5.72. The van der Waals surface area contributed by atoms with Gasteiger partial charge >= 0.3 is 0 Å². The second kappa shape index (κ2) is 2.72. The lowest BCUT2D eigenvalue weighted by Gasteiger charge is -2.18. The van der Waals surface area contributed by atoms with E-state index in [0.717, 1.165) is 6.42 Å². The molecule has 0 saturated heterocycles. The van der Waals surface area contributed by atoms with Gasteiger partial charge in [0.1, 0.15) is 0 Å². The molecule has 1 aliphatic rings. The van der Waals surface area contributed by atoms with Crippen molar-refractivity contribution in [2.75, 3.05) is 0 Å². The lowest BCUT2D eigenvalue weighted by atomic mass is 10.1. The summed E-state index contributed by atoms with van der Waals surface area (Å²) < 4.78 is 0.968. The molecule has 0 aromatic heterocycles. The summed E-state index contributed by atoms with van der Waals surface area (Å²) in [4.78, 5) is 0. The van der Waals surface area contributed by atoms with E-state index in [9.17, 15) is 0 Å². The fourth-order valence-corrected chi connectivity index (χ4v) is 1.30. The zero-order valence-electron chi connectivity index (χ0n) is 4.77. The zero-order chi connectivity index (χ0) is 6.91. The molecule has 1 aliphatic carbocycles. The fraction of sp³-hybridized carbons (Fsp3) is 0.333. The molecule has 0 aromatic rings. The van der Waals surface area contributed by atoms with Crippen LogP contribution in [0.25, 0.3) is 0 Å². The number of nitrogens with two attached hydrogens (primary N) is 1. The third-order valence-electron chi connectivity index (χ3n) is 1.13. The lowest BCUT2D eigenvalue weighted by Crippen LogP contribution is -2.29. The number of hydrogen-bond acceptors (Lipinski definition) is 1. The Morgan fingerprint density at radius 1 is 1.78 bits per heavy atom. The minimum atomic E-state index is -0.290. The van der Waals surface area contributed by atoms with Crippen LogP contribution in [-0.2, 0) is 0 Å². The summed E-state index contributed by atoms with van der Waals surface area (Å²) in [6.45, 7) is 0. The van der Waals surface area contributed by atoms with Gasteiger partial charge in [-0.3, -0.25) is 0 Å². The maximum Gasteiger partial charge on any atom is 0.0941 e. The van der Waals surface area contributed by atoms with Crippen LogP contribution in [0.3, 0.4) is 0 Å². The third-order valence-corrected chi connectivity index (χ3v) is 2.52. The summed E-state index contributed by atoms with van der Waals surface area (Å²) in [6, 6.07) is 0. The molecule has 1 atom stereocenters. The van der Waals surface area contributed by atoms with Gasteiger partial charge in [-0.05, 0) is 29.0 Å². The first-order chi connectivity index (χ1) is 4.10. The lowest BCUT2D eigenvalue weighted by molar-refractivity contribution is 0.774. The molecule has 0 aliphatic heterocycles. The van der Waals surface area contributed by atoms with Crippen molar-refractivity contribution in [1.29, 1.82) is 0 Å². The van der Waals surface area contributed by atoms with Gasteiger partial charge in [0.15, 0.2) is 0 Å². The van der Waals surface area contributed by atoms with E-state index in [1.54, 1.807) is 0 Å². The van der Waals surface area contributed by atoms with E-state index in [4.69, 9.17) is 5.73 Å². The van der Waals surface area contributed by atoms with E-state index < -0.39 is 0 Å². The SMILES string of the molecule is NC1(Br)C=CC(I)=CC1. The van der Waals surface area contributed by atoms with Crippen LogP contribution in [0.4, 0.5) is 0 Å². The van der Waals surface area contributed by atoms with Gasteiger partial charge in [-0.2, -0.15) is 0 Å².